The Morgan fingerprint density at radius 2 is 1.76 bits per heavy atom. The zero-order chi connectivity index (χ0) is 27.2. The van der Waals surface area contributed by atoms with Crippen LogP contribution in [0.4, 0.5) is 0 Å². The molecule has 38 heavy (non-hydrogen) atoms. The van der Waals surface area contributed by atoms with Gasteiger partial charge in [-0.3, -0.25) is 4.79 Å². The van der Waals surface area contributed by atoms with Gasteiger partial charge in [-0.25, -0.2) is 9.78 Å². The summed E-state index contributed by atoms with van der Waals surface area (Å²) >= 11 is 7.12. The number of nitrogens with zero attached hydrogens (tertiary/aromatic N) is 3. The molecule has 0 aliphatic rings. The number of hydrogen-bond donors (Lipinski definition) is 0. The summed E-state index contributed by atoms with van der Waals surface area (Å²) in [5, 5.41) is 5.00. The highest BCUT2D eigenvalue weighted by Gasteiger charge is 2.23. The van der Waals surface area contributed by atoms with Crippen LogP contribution in [0.2, 0.25) is 0 Å². The van der Waals surface area contributed by atoms with Crippen molar-refractivity contribution in [2.45, 2.75) is 26.9 Å². The van der Waals surface area contributed by atoms with Crippen LogP contribution in [-0.4, -0.2) is 41.2 Å². The molecule has 196 valence electrons. The number of ether oxygens (including phenoxy) is 3. The van der Waals surface area contributed by atoms with E-state index in [9.17, 15) is 9.59 Å². The lowest BCUT2D eigenvalue weighted by Gasteiger charge is -2.19. The molecule has 0 saturated carbocycles. The molecular weight excluding hydrogens is 618 g/mol. The highest BCUT2D eigenvalue weighted by atomic mass is 79.9. The van der Waals surface area contributed by atoms with Crippen LogP contribution in [0, 0.1) is 0 Å². The number of rotatable bonds is 9. The van der Waals surface area contributed by atoms with Crippen molar-refractivity contribution in [3.05, 3.63) is 85.5 Å². The molecule has 0 aliphatic carbocycles. The Morgan fingerprint density at radius 1 is 1.05 bits per heavy atom. The molecule has 0 radical (unpaired) electrons. The molecule has 0 unspecified atom stereocenters. The van der Waals surface area contributed by atoms with Crippen LogP contribution in [0.25, 0.3) is 22.3 Å². The lowest BCUT2D eigenvalue weighted by molar-refractivity contribution is -0.150. The number of halogens is 2. The number of esters is 1. The summed E-state index contributed by atoms with van der Waals surface area (Å²) in [6, 6.07) is 18.3. The second kappa shape index (κ2) is 12.4. The van der Waals surface area contributed by atoms with Crippen molar-refractivity contribution in [2.24, 2.45) is 5.10 Å². The zero-order valence-electron chi connectivity index (χ0n) is 21.0. The summed E-state index contributed by atoms with van der Waals surface area (Å²) in [6.07, 6.45) is 0.688. The maximum atomic E-state index is 13.5. The summed E-state index contributed by atoms with van der Waals surface area (Å²) < 4.78 is 19.2. The number of para-hydroxylation sites is 1. The van der Waals surface area contributed by atoms with Crippen LogP contribution >= 0.6 is 31.9 Å². The lowest BCUT2D eigenvalue weighted by atomic mass is 10.2. The molecular formula is C28H25Br2N3O5. The van der Waals surface area contributed by atoms with Crippen LogP contribution in [0.3, 0.4) is 0 Å². The first kappa shape index (κ1) is 27.5. The maximum absolute atomic E-state index is 13.5. The number of hydrogen-bond acceptors (Lipinski definition) is 7. The molecule has 10 heteroatoms. The Morgan fingerprint density at radius 3 is 2.47 bits per heavy atom. The average molecular weight is 643 g/mol. The third-order valence-electron chi connectivity index (χ3n) is 5.47. The molecule has 1 aromatic heterocycles. The predicted octanol–water partition coefficient (Wildman–Crippen LogP) is 6.20. The van der Waals surface area contributed by atoms with Gasteiger partial charge in [-0.1, -0.05) is 42.5 Å². The monoisotopic (exact) mass is 641 g/mol. The molecule has 0 saturated heterocycles. The van der Waals surface area contributed by atoms with Crippen molar-refractivity contribution in [1.29, 1.82) is 0 Å². The van der Waals surface area contributed by atoms with Crippen molar-refractivity contribution in [3.8, 4) is 22.9 Å². The standard InChI is InChI=1S/C28H25Br2N3O5/c1-4-36-22-15-19(23(29)24(30)25(22)38-17(3)28(35)37-5-2)16-31-33-26(18-11-7-6-8-12-18)32-21-14-10-9-13-20(21)27(33)34/h6-17H,4-5H2,1-3H3/t17-/m1/s1. The van der Waals surface area contributed by atoms with Gasteiger partial charge in [0.1, 0.15) is 0 Å². The maximum Gasteiger partial charge on any atom is 0.347 e. The van der Waals surface area contributed by atoms with E-state index in [1.807, 2.05) is 43.3 Å². The van der Waals surface area contributed by atoms with Gasteiger partial charge in [0.25, 0.3) is 5.56 Å². The van der Waals surface area contributed by atoms with E-state index in [0.717, 1.165) is 5.56 Å². The molecule has 0 N–H and O–H groups in total. The van der Waals surface area contributed by atoms with Crippen LogP contribution in [0.5, 0.6) is 11.5 Å². The fourth-order valence-electron chi connectivity index (χ4n) is 3.68. The number of carbonyl (C=O) groups excluding carboxylic acids is 1. The van der Waals surface area contributed by atoms with Crippen molar-refractivity contribution in [2.75, 3.05) is 13.2 Å². The molecule has 3 aromatic carbocycles. The molecule has 4 aromatic rings. The van der Waals surface area contributed by atoms with Crippen LogP contribution in [0.15, 0.2) is 79.5 Å². The average Bonchev–Trinajstić information content (AvgIpc) is 2.93. The Balaban J connectivity index is 1.82. The number of aromatic nitrogens is 2. The third-order valence-corrected chi connectivity index (χ3v) is 7.61. The molecule has 8 nitrogen and oxygen atoms in total. The van der Waals surface area contributed by atoms with Crippen molar-refractivity contribution < 1.29 is 19.0 Å². The normalized spacial score (nSPS) is 12.0. The van der Waals surface area contributed by atoms with Crippen LogP contribution in [0.1, 0.15) is 26.3 Å². The van der Waals surface area contributed by atoms with E-state index in [2.05, 4.69) is 37.0 Å². The Kier molecular flexibility index (Phi) is 8.96. The first-order chi connectivity index (χ1) is 18.3. The van der Waals surface area contributed by atoms with Gasteiger partial charge in [-0.05, 0) is 70.8 Å². The summed E-state index contributed by atoms with van der Waals surface area (Å²) in [6.45, 7) is 5.79. The fraction of sp³-hybridized carbons (Fsp3) is 0.214. The minimum Gasteiger partial charge on any atom is -0.490 e. The number of carbonyl (C=O) groups is 1. The van der Waals surface area contributed by atoms with Gasteiger partial charge >= 0.3 is 5.97 Å². The largest absolute Gasteiger partial charge is 0.490 e. The Bertz CT molecular complexity index is 1550. The molecule has 0 aliphatic heterocycles. The molecule has 0 fully saturated rings. The Labute approximate surface area is 236 Å². The van der Waals surface area contributed by atoms with Crippen molar-refractivity contribution in [1.82, 2.24) is 9.66 Å². The fourth-order valence-corrected chi connectivity index (χ4v) is 4.60. The minimum atomic E-state index is -0.854. The topological polar surface area (TPSA) is 92.0 Å². The quantitative estimate of drug-likeness (QED) is 0.159. The first-order valence-electron chi connectivity index (χ1n) is 11.9. The number of fused-ring (bicyclic) bond motifs is 1. The molecule has 4 rings (SSSR count). The van der Waals surface area contributed by atoms with E-state index in [4.69, 9.17) is 19.2 Å². The molecule has 1 atom stereocenters. The minimum absolute atomic E-state index is 0.249. The molecule has 0 bridgehead atoms. The van der Waals surface area contributed by atoms with Gasteiger partial charge in [0.05, 0.1) is 34.8 Å². The van der Waals surface area contributed by atoms with Gasteiger partial charge < -0.3 is 14.2 Å². The predicted molar refractivity (Wildman–Crippen MR) is 154 cm³/mol. The van der Waals surface area contributed by atoms with Gasteiger partial charge in [0.2, 0.25) is 0 Å². The van der Waals surface area contributed by atoms with Crippen LogP contribution < -0.4 is 15.0 Å². The Hall–Kier alpha value is -3.50. The highest BCUT2D eigenvalue weighted by Crippen LogP contribution is 2.43. The molecule has 0 amide bonds. The van der Waals surface area contributed by atoms with Gasteiger partial charge in [0, 0.05) is 15.6 Å². The van der Waals surface area contributed by atoms with E-state index in [1.165, 1.54) is 4.68 Å². The van der Waals surface area contributed by atoms with Gasteiger partial charge in [-0.15, -0.1) is 0 Å². The zero-order valence-corrected chi connectivity index (χ0v) is 24.2. The van der Waals surface area contributed by atoms with E-state index >= 15 is 0 Å². The summed E-state index contributed by atoms with van der Waals surface area (Å²) in [5.74, 6) is 0.660. The lowest BCUT2D eigenvalue weighted by Crippen LogP contribution is -2.26. The molecule has 0 spiro atoms. The second-order valence-corrected chi connectivity index (χ2v) is 9.63. The third kappa shape index (κ3) is 5.81. The highest BCUT2D eigenvalue weighted by molar-refractivity contribution is 9.13. The van der Waals surface area contributed by atoms with E-state index < -0.39 is 12.1 Å². The first-order valence-corrected chi connectivity index (χ1v) is 13.5. The van der Waals surface area contributed by atoms with Gasteiger partial charge in [0.15, 0.2) is 23.4 Å². The molecule has 1 heterocycles. The summed E-state index contributed by atoms with van der Waals surface area (Å²) in [5.41, 5.74) is 1.65. The van der Waals surface area contributed by atoms with E-state index in [1.54, 1.807) is 44.3 Å². The SMILES string of the molecule is CCOC(=O)[C@@H](C)Oc1c(OCC)cc(C=Nn2c(-c3ccccc3)nc3ccccc3c2=O)c(Br)c1Br. The van der Waals surface area contributed by atoms with E-state index in [-0.39, 0.29) is 12.2 Å². The summed E-state index contributed by atoms with van der Waals surface area (Å²) in [7, 11) is 0. The van der Waals surface area contributed by atoms with Gasteiger partial charge in [-0.2, -0.15) is 9.78 Å². The number of benzene rings is 3. The smallest absolute Gasteiger partial charge is 0.347 e. The van der Waals surface area contributed by atoms with Crippen molar-refractivity contribution >= 4 is 54.9 Å². The summed E-state index contributed by atoms with van der Waals surface area (Å²) in [4.78, 5) is 30.3. The van der Waals surface area contributed by atoms with Crippen molar-refractivity contribution in [3.63, 3.8) is 0 Å². The second-order valence-electron chi connectivity index (χ2n) is 8.05. The van der Waals surface area contributed by atoms with E-state index in [0.29, 0.717) is 49.3 Å². The van der Waals surface area contributed by atoms with Crippen LogP contribution in [-0.2, 0) is 9.53 Å².